The molecule has 0 fully saturated rings. The summed E-state index contributed by atoms with van der Waals surface area (Å²) < 4.78 is 5.62. The van der Waals surface area contributed by atoms with E-state index in [0.717, 1.165) is 11.3 Å². The topological polar surface area (TPSA) is 29.5 Å². The van der Waals surface area contributed by atoms with E-state index in [9.17, 15) is 5.11 Å². The smallest absolute Gasteiger partial charge is 0.122 e. The predicted molar refractivity (Wildman–Crippen MR) is 62.3 cm³/mol. The lowest BCUT2D eigenvalue weighted by atomic mass is 10.1. The zero-order valence-electron chi connectivity index (χ0n) is 10.0. The van der Waals surface area contributed by atoms with Gasteiger partial charge in [0.1, 0.15) is 12.4 Å². The number of ether oxygens (including phenoxy) is 1. The summed E-state index contributed by atoms with van der Waals surface area (Å²) in [6, 6.07) is 6.09. The molecule has 0 saturated heterocycles. The van der Waals surface area contributed by atoms with E-state index in [1.165, 1.54) is 5.56 Å². The van der Waals surface area contributed by atoms with Crippen molar-refractivity contribution in [2.24, 2.45) is 0 Å². The summed E-state index contributed by atoms with van der Waals surface area (Å²) in [7, 11) is 0. The lowest BCUT2D eigenvalue weighted by Crippen LogP contribution is -2.31. The van der Waals surface area contributed by atoms with Crippen LogP contribution in [0.5, 0.6) is 5.75 Å². The fourth-order valence-electron chi connectivity index (χ4n) is 1.20. The second-order valence-corrected chi connectivity index (χ2v) is 4.41. The molecule has 0 aromatic heterocycles. The van der Waals surface area contributed by atoms with Crippen LogP contribution < -0.4 is 4.74 Å². The maximum Gasteiger partial charge on any atom is 0.122 e. The molecule has 0 aliphatic heterocycles. The average Bonchev–Trinajstić information content (AvgIpc) is 2.20. The molecule has 1 unspecified atom stereocenters. The number of hydrogen-bond donors (Lipinski definition) is 1. The van der Waals surface area contributed by atoms with Gasteiger partial charge in [0, 0.05) is 0 Å². The fraction of sp³-hybridized carbons (Fsp3) is 0.538. The van der Waals surface area contributed by atoms with E-state index in [2.05, 4.69) is 6.07 Å². The van der Waals surface area contributed by atoms with E-state index in [4.69, 9.17) is 4.74 Å². The predicted octanol–water partition coefficient (Wildman–Crippen LogP) is 2.84. The molecule has 0 aliphatic rings. The Balaban J connectivity index is 2.69. The van der Waals surface area contributed by atoms with E-state index in [0.29, 0.717) is 13.0 Å². The minimum Gasteiger partial charge on any atom is -0.490 e. The first-order valence-electron chi connectivity index (χ1n) is 5.37. The van der Waals surface area contributed by atoms with Crippen molar-refractivity contribution in [1.82, 2.24) is 0 Å². The van der Waals surface area contributed by atoms with Crippen molar-refractivity contribution in [2.45, 2.75) is 39.7 Å². The minimum atomic E-state index is -0.740. The lowest BCUT2D eigenvalue weighted by Gasteiger charge is -2.22. The summed E-state index contributed by atoms with van der Waals surface area (Å²) in [4.78, 5) is 0. The Bertz CT molecular complexity index is 329. The molecule has 2 heteroatoms. The quantitative estimate of drug-likeness (QED) is 0.824. The van der Waals surface area contributed by atoms with Crippen LogP contribution in [-0.2, 0) is 0 Å². The maximum atomic E-state index is 9.82. The Morgan fingerprint density at radius 3 is 2.60 bits per heavy atom. The van der Waals surface area contributed by atoms with Crippen LogP contribution in [0.1, 0.15) is 31.4 Å². The van der Waals surface area contributed by atoms with Crippen LogP contribution in [0, 0.1) is 13.8 Å². The van der Waals surface area contributed by atoms with E-state index >= 15 is 0 Å². The largest absolute Gasteiger partial charge is 0.490 e. The monoisotopic (exact) mass is 208 g/mol. The van der Waals surface area contributed by atoms with Crippen LogP contribution in [0.15, 0.2) is 18.2 Å². The summed E-state index contributed by atoms with van der Waals surface area (Å²) in [5.74, 6) is 0.865. The van der Waals surface area contributed by atoms with Crippen LogP contribution in [0.3, 0.4) is 0 Å². The molecular formula is C13H20O2. The van der Waals surface area contributed by atoms with Gasteiger partial charge in [-0.05, 0) is 44.4 Å². The van der Waals surface area contributed by atoms with Gasteiger partial charge in [-0.25, -0.2) is 0 Å². The average molecular weight is 208 g/mol. The first kappa shape index (κ1) is 12.1. The number of hydrogen-bond acceptors (Lipinski definition) is 2. The maximum absolute atomic E-state index is 9.82. The van der Waals surface area contributed by atoms with Gasteiger partial charge in [0.05, 0.1) is 5.60 Å². The SMILES string of the molecule is CCC(C)(O)COc1cc(C)ccc1C. The molecule has 0 heterocycles. The van der Waals surface area contributed by atoms with Crippen LogP contribution in [0.2, 0.25) is 0 Å². The first-order valence-corrected chi connectivity index (χ1v) is 5.37. The zero-order chi connectivity index (χ0) is 11.5. The molecule has 1 aromatic carbocycles. The zero-order valence-corrected chi connectivity index (χ0v) is 10.0. The van der Waals surface area contributed by atoms with Crippen molar-refractivity contribution in [3.05, 3.63) is 29.3 Å². The summed E-state index contributed by atoms with van der Waals surface area (Å²) in [5, 5.41) is 9.82. The third-order valence-electron chi connectivity index (χ3n) is 2.64. The van der Waals surface area contributed by atoms with Gasteiger partial charge in [0.2, 0.25) is 0 Å². The lowest BCUT2D eigenvalue weighted by molar-refractivity contribution is 0.00826. The number of rotatable bonds is 4. The van der Waals surface area contributed by atoms with Gasteiger partial charge in [-0.15, -0.1) is 0 Å². The molecule has 0 amide bonds. The van der Waals surface area contributed by atoms with Gasteiger partial charge >= 0.3 is 0 Å². The molecule has 1 aromatic rings. The molecule has 15 heavy (non-hydrogen) atoms. The van der Waals surface area contributed by atoms with E-state index < -0.39 is 5.60 Å². The van der Waals surface area contributed by atoms with Crippen molar-refractivity contribution in [3.63, 3.8) is 0 Å². The highest BCUT2D eigenvalue weighted by molar-refractivity contribution is 5.36. The molecule has 1 atom stereocenters. The van der Waals surface area contributed by atoms with Crippen LogP contribution in [0.4, 0.5) is 0 Å². The van der Waals surface area contributed by atoms with Gasteiger partial charge in [-0.2, -0.15) is 0 Å². The van der Waals surface area contributed by atoms with E-state index in [-0.39, 0.29) is 0 Å². The molecule has 0 bridgehead atoms. The van der Waals surface area contributed by atoms with Crippen LogP contribution in [0.25, 0.3) is 0 Å². The molecular weight excluding hydrogens is 188 g/mol. The standard InChI is InChI=1S/C13H20O2/c1-5-13(4,14)9-15-12-8-10(2)6-7-11(12)3/h6-8,14H,5,9H2,1-4H3. The summed E-state index contributed by atoms with van der Waals surface area (Å²) in [5.41, 5.74) is 1.54. The minimum absolute atomic E-state index is 0.341. The number of aliphatic hydroxyl groups is 1. The van der Waals surface area contributed by atoms with Gasteiger partial charge in [-0.3, -0.25) is 0 Å². The molecule has 0 saturated carbocycles. The number of benzene rings is 1. The van der Waals surface area contributed by atoms with Crippen molar-refractivity contribution in [1.29, 1.82) is 0 Å². The molecule has 0 aliphatic carbocycles. The molecule has 0 spiro atoms. The summed E-state index contributed by atoms with van der Waals surface area (Å²) in [6.07, 6.45) is 0.692. The van der Waals surface area contributed by atoms with E-state index in [1.54, 1.807) is 6.92 Å². The van der Waals surface area contributed by atoms with Crippen molar-refractivity contribution >= 4 is 0 Å². The van der Waals surface area contributed by atoms with Crippen LogP contribution >= 0.6 is 0 Å². The second kappa shape index (κ2) is 4.67. The summed E-state index contributed by atoms with van der Waals surface area (Å²) in [6.45, 7) is 8.12. The van der Waals surface area contributed by atoms with Gasteiger partial charge in [0.25, 0.3) is 0 Å². The Hall–Kier alpha value is -1.02. The number of aryl methyl sites for hydroxylation is 2. The molecule has 0 radical (unpaired) electrons. The highest BCUT2D eigenvalue weighted by Crippen LogP contribution is 2.21. The molecule has 2 nitrogen and oxygen atoms in total. The second-order valence-electron chi connectivity index (χ2n) is 4.41. The van der Waals surface area contributed by atoms with Gasteiger partial charge in [-0.1, -0.05) is 19.1 Å². The van der Waals surface area contributed by atoms with Gasteiger partial charge < -0.3 is 9.84 Å². The Labute approximate surface area is 91.9 Å². The third kappa shape index (κ3) is 3.56. The van der Waals surface area contributed by atoms with Crippen molar-refractivity contribution in [2.75, 3.05) is 6.61 Å². The fourth-order valence-corrected chi connectivity index (χ4v) is 1.20. The highest BCUT2D eigenvalue weighted by atomic mass is 16.5. The Morgan fingerprint density at radius 2 is 2.00 bits per heavy atom. The molecule has 1 rings (SSSR count). The first-order chi connectivity index (χ1) is 6.94. The van der Waals surface area contributed by atoms with Gasteiger partial charge in [0.15, 0.2) is 0 Å². The van der Waals surface area contributed by atoms with Crippen molar-refractivity contribution < 1.29 is 9.84 Å². The van der Waals surface area contributed by atoms with Crippen LogP contribution in [-0.4, -0.2) is 17.3 Å². The normalized spacial score (nSPS) is 14.7. The summed E-state index contributed by atoms with van der Waals surface area (Å²) >= 11 is 0. The Kier molecular flexibility index (Phi) is 3.75. The van der Waals surface area contributed by atoms with E-state index in [1.807, 2.05) is 32.9 Å². The third-order valence-corrected chi connectivity index (χ3v) is 2.64. The Morgan fingerprint density at radius 1 is 1.33 bits per heavy atom. The van der Waals surface area contributed by atoms with Crippen molar-refractivity contribution in [3.8, 4) is 5.75 Å². The highest BCUT2D eigenvalue weighted by Gasteiger charge is 2.18. The molecule has 84 valence electrons. The molecule has 1 N–H and O–H groups in total.